The zero-order valence-corrected chi connectivity index (χ0v) is 9.58. The van der Waals surface area contributed by atoms with Gasteiger partial charge in [-0.25, -0.2) is 0 Å². The maximum atomic E-state index is 4.72. The number of nitrogens with one attached hydrogen (secondary N) is 1. The van der Waals surface area contributed by atoms with Gasteiger partial charge < -0.3 is 0 Å². The molecule has 2 heterocycles. The van der Waals surface area contributed by atoms with E-state index in [-0.39, 0.29) is 0 Å². The van der Waals surface area contributed by atoms with Gasteiger partial charge in [-0.3, -0.25) is 0 Å². The molecule has 1 aromatic heterocycles. The maximum absolute atomic E-state index is 4.72. The van der Waals surface area contributed by atoms with Crippen LogP contribution in [0.4, 0.5) is 0 Å². The van der Waals surface area contributed by atoms with Crippen molar-refractivity contribution >= 4 is 24.4 Å². The van der Waals surface area contributed by atoms with Gasteiger partial charge in [0.1, 0.15) is 0 Å². The third-order valence-corrected chi connectivity index (χ3v) is 4.62. The third kappa shape index (κ3) is 1.33. The van der Waals surface area contributed by atoms with E-state index >= 15 is 0 Å². The molecule has 0 unspecified atom stereocenters. The number of benzene rings is 1. The summed E-state index contributed by atoms with van der Waals surface area (Å²) in [5.74, 6) is 0.667. The van der Waals surface area contributed by atoms with Gasteiger partial charge in [0, 0.05) is 0 Å². The van der Waals surface area contributed by atoms with E-state index in [0.717, 1.165) is 13.1 Å². The number of fused-ring (bicyclic) bond motifs is 1. The second-order valence-corrected chi connectivity index (χ2v) is 5.44. The standard InChI is InChI=1S/C11H12N2Se/c1-2-4-10-9(3-1)11(13-14-10)8-5-6-12-7-8/h1-4,8,12H,5-7H2/t8-/m0/s1. The van der Waals surface area contributed by atoms with Crippen molar-refractivity contribution in [3.63, 3.8) is 0 Å². The third-order valence-electron chi connectivity index (χ3n) is 2.85. The number of aromatic nitrogens is 1. The Morgan fingerprint density at radius 3 is 3.14 bits per heavy atom. The fraction of sp³-hybridized carbons (Fsp3) is 0.364. The van der Waals surface area contributed by atoms with Crippen LogP contribution in [0.25, 0.3) is 9.65 Å². The molecule has 0 aliphatic carbocycles. The fourth-order valence-corrected chi connectivity index (χ4v) is 3.88. The van der Waals surface area contributed by atoms with E-state index in [1.807, 2.05) is 0 Å². The topological polar surface area (TPSA) is 24.9 Å². The number of nitrogens with zero attached hydrogens (tertiary/aromatic N) is 1. The normalized spacial score (nSPS) is 21.9. The van der Waals surface area contributed by atoms with E-state index in [4.69, 9.17) is 3.98 Å². The SMILES string of the molecule is c1ccc2c([C@H]3CCNC3)n[se]c2c1. The molecule has 72 valence electrons. The minimum absolute atomic E-state index is 0.342. The van der Waals surface area contributed by atoms with Crippen molar-refractivity contribution in [2.24, 2.45) is 0 Å². The monoisotopic (exact) mass is 252 g/mol. The van der Waals surface area contributed by atoms with E-state index in [0.29, 0.717) is 20.7 Å². The fourth-order valence-electron chi connectivity index (χ4n) is 2.09. The van der Waals surface area contributed by atoms with Crippen LogP contribution in [0, 0.1) is 0 Å². The van der Waals surface area contributed by atoms with Crippen molar-refractivity contribution < 1.29 is 0 Å². The molecule has 0 bridgehead atoms. The van der Waals surface area contributed by atoms with Crippen LogP contribution in [0.3, 0.4) is 0 Å². The van der Waals surface area contributed by atoms with Gasteiger partial charge >= 0.3 is 89.1 Å². The van der Waals surface area contributed by atoms with Crippen LogP contribution < -0.4 is 5.32 Å². The summed E-state index contributed by atoms with van der Waals surface area (Å²) in [4.78, 5) is 0. The molecule has 3 heteroatoms. The van der Waals surface area contributed by atoms with Gasteiger partial charge in [0.2, 0.25) is 0 Å². The Bertz CT molecular complexity index is 443. The van der Waals surface area contributed by atoms with Crippen molar-refractivity contribution in [3.8, 4) is 0 Å². The second-order valence-electron chi connectivity index (χ2n) is 3.75. The van der Waals surface area contributed by atoms with Gasteiger partial charge in [-0.1, -0.05) is 0 Å². The number of hydrogen-bond donors (Lipinski definition) is 1. The summed E-state index contributed by atoms with van der Waals surface area (Å²) in [5.41, 5.74) is 1.37. The summed E-state index contributed by atoms with van der Waals surface area (Å²) in [6, 6.07) is 8.68. The molecule has 0 radical (unpaired) electrons. The van der Waals surface area contributed by atoms with Gasteiger partial charge in [0.15, 0.2) is 0 Å². The molecule has 1 aliphatic rings. The van der Waals surface area contributed by atoms with E-state index < -0.39 is 0 Å². The molecule has 1 aromatic carbocycles. The molecule has 14 heavy (non-hydrogen) atoms. The molecule has 1 aliphatic heterocycles. The molecular weight excluding hydrogens is 239 g/mol. The molecule has 3 rings (SSSR count). The Balaban J connectivity index is 2.11. The zero-order chi connectivity index (χ0) is 9.38. The molecule has 1 saturated heterocycles. The van der Waals surface area contributed by atoms with E-state index in [1.54, 1.807) is 0 Å². The average molecular weight is 251 g/mol. The quantitative estimate of drug-likeness (QED) is 0.774. The van der Waals surface area contributed by atoms with Crippen molar-refractivity contribution in [1.29, 1.82) is 0 Å². The van der Waals surface area contributed by atoms with Gasteiger partial charge in [-0.2, -0.15) is 0 Å². The summed E-state index contributed by atoms with van der Waals surface area (Å²) in [6.45, 7) is 2.27. The first-order chi connectivity index (χ1) is 6.95. The molecular formula is C11H12N2Se. The molecule has 1 N–H and O–H groups in total. The zero-order valence-electron chi connectivity index (χ0n) is 7.86. The van der Waals surface area contributed by atoms with Gasteiger partial charge in [0.05, 0.1) is 0 Å². The Labute approximate surface area is 89.3 Å². The van der Waals surface area contributed by atoms with Crippen molar-refractivity contribution in [2.45, 2.75) is 12.3 Å². The molecule has 0 saturated carbocycles. The molecule has 0 amide bonds. The van der Waals surface area contributed by atoms with Gasteiger partial charge in [-0.05, 0) is 0 Å². The Morgan fingerprint density at radius 1 is 1.36 bits per heavy atom. The number of rotatable bonds is 1. The Hall–Kier alpha value is -0.631. The van der Waals surface area contributed by atoms with Gasteiger partial charge in [0.25, 0.3) is 0 Å². The molecule has 2 nitrogen and oxygen atoms in total. The number of hydrogen-bond acceptors (Lipinski definition) is 2. The van der Waals surface area contributed by atoms with Crippen LogP contribution in [-0.4, -0.2) is 31.8 Å². The molecule has 2 aromatic rings. The summed E-state index contributed by atoms with van der Waals surface area (Å²) in [5, 5.41) is 4.82. The van der Waals surface area contributed by atoms with Crippen LogP contribution in [0.1, 0.15) is 18.0 Å². The Morgan fingerprint density at radius 2 is 2.29 bits per heavy atom. The van der Waals surface area contributed by atoms with E-state index in [2.05, 4.69) is 29.6 Å². The van der Waals surface area contributed by atoms with Crippen LogP contribution in [-0.2, 0) is 0 Å². The molecule has 1 atom stereocenters. The average Bonchev–Trinajstić information content (AvgIpc) is 2.85. The van der Waals surface area contributed by atoms with E-state index in [9.17, 15) is 0 Å². The summed E-state index contributed by atoms with van der Waals surface area (Å²) < 4.78 is 6.18. The minimum atomic E-state index is 0.342. The summed E-state index contributed by atoms with van der Waals surface area (Å²) in [6.07, 6.45) is 1.25. The summed E-state index contributed by atoms with van der Waals surface area (Å²) >= 11 is 0.342. The van der Waals surface area contributed by atoms with Crippen LogP contribution in [0.2, 0.25) is 0 Å². The van der Waals surface area contributed by atoms with Crippen LogP contribution in [0.5, 0.6) is 0 Å². The van der Waals surface area contributed by atoms with Crippen molar-refractivity contribution in [2.75, 3.05) is 13.1 Å². The van der Waals surface area contributed by atoms with Crippen LogP contribution in [0.15, 0.2) is 24.3 Å². The van der Waals surface area contributed by atoms with Crippen LogP contribution >= 0.6 is 0 Å². The van der Waals surface area contributed by atoms with E-state index in [1.165, 1.54) is 21.8 Å². The summed E-state index contributed by atoms with van der Waals surface area (Å²) in [7, 11) is 0. The first-order valence-electron chi connectivity index (χ1n) is 5.00. The second kappa shape index (κ2) is 3.50. The first kappa shape index (κ1) is 8.66. The first-order valence-corrected chi connectivity index (χ1v) is 6.62. The predicted molar refractivity (Wildman–Crippen MR) is 58.9 cm³/mol. The van der Waals surface area contributed by atoms with Crippen molar-refractivity contribution in [1.82, 2.24) is 9.30 Å². The van der Waals surface area contributed by atoms with Crippen molar-refractivity contribution in [3.05, 3.63) is 30.0 Å². The predicted octanol–water partition coefficient (Wildman–Crippen LogP) is 1.37. The van der Waals surface area contributed by atoms with Gasteiger partial charge in [-0.15, -0.1) is 0 Å². The molecule has 1 fully saturated rings. The molecule has 0 spiro atoms. The Kier molecular flexibility index (Phi) is 2.17.